The zero-order valence-corrected chi connectivity index (χ0v) is 22.6. The fourth-order valence-electron chi connectivity index (χ4n) is 5.37. The van der Waals surface area contributed by atoms with Crippen molar-refractivity contribution in [1.82, 2.24) is 19.5 Å². The van der Waals surface area contributed by atoms with Gasteiger partial charge in [-0.2, -0.15) is 9.97 Å². The largest absolute Gasteiger partial charge is 0.471 e. The number of nitrogens with two attached hydrogens (primary N) is 1. The average molecular weight is 552 g/mol. The standard InChI is InChI=1S/C32H33N5O4/c33-32-35-30-28(31(36-32)41-19-24-14-8-3-9-15-24)34-21-37(30)26-16-27(40-18-23-12-6-2-7-13-23)25(29(26)38)20-39-17-22-10-4-1-5-11-22/h1-15,21,25-27,29,38H,16-20H2,(H2,33,35,36)/t25?,26?,27?,29-/m0/s1. The molecule has 2 aromatic heterocycles. The fourth-order valence-corrected chi connectivity index (χ4v) is 5.37. The first-order valence-electron chi connectivity index (χ1n) is 13.8. The summed E-state index contributed by atoms with van der Waals surface area (Å²) in [5.74, 6) is 0.134. The van der Waals surface area contributed by atoms with E-state index in [1.807, 2.05) is 95.6 Å². The predicted octanol–water partition coefficient (Wildman–Crippen LogP) is 4.71. The van der Waals surface area contributed by atoms with E-state index in [9.17, 15) is 5.11 Å². The number of aliphatic hydroxyl groups excluding tert-OH is 1. The molecule has 0 amide bonds. The number of benzene rings is 3. The highest BCUT2D eigenvalue weighted by Crippen LogP contribution is 2.40. The molecule has 5 aromatic rings. The lowest BCUT2D eigenvalue weighted by atomic mass is 10.0. The van der Waals surface area contributed by atoms with Crippen LogP contribution in [0.2, 0.25) is 0 Å². The van der Waals surface area contributed by atoms with Gasteiger partial charge in [-0.05, 0) is 23.1 Å². The molecular weight excluding hydrogens is 518 g/mol. The molecule has 1 aliphatic rings. The van der Waals surface area contributed by atoms with Crippen LogP contribution in [0.25, 0.3) is 11.2 Å². The van der Waals surface area contributed by atoms with Crippen molar-refractivity contribution < 1.29 is 19.3 Å². The number of hydrogen-bond donors (Lipinski definition) is 2. The Balaban J connectivity index is 1.23. The highest BCUT2D eigenvalue weighted by molar-refractivity contribution is 5.77. The number of nitrogen functional groups attached to an aromatic ring is 1. The summed E-state index contributed by atoms with van der Waals surface area (Å²) in [5.41, 5.74) is 10.2. The van der Waals surface area contributed by atoms with Gasteiger partial charge in [0.05, 0.1) is 44.4 Å². The Kier molecular flexibility index (Phi) is 8.18. The van der Waals surface area contributed by atoms with E-state index in [1.54, 1.807) is 6.33 Å². The van der Waals surface area contributed by atoms with E-state index in [2.05, 4.69) is 15.0 Å². The van der Waals surface area contributed by atoms with Gasteiger partial charge < -0.3 is 29.6 Å². The molecule has 2 heterocycles. The molecule has 9 nitrogen and oxygen atoms in total. The van der Waals surface area contributed by atoms with E-state index < -0.39 is 6.10 Å². The molecule has 9 heteroatoms. The average Bonchev–Trinajstić information content (AvgIpc) is 3.56. The number of aromatic nitrogens is 4. The minimum atomic E-state index is -0.756. The van der Waals surface area contributed by atoms with Crippen LogP contribution in [-0.2, 0) is 29.3 Å². The maximum absolute atomic E-state index is 11.6. The lowest BCUT2D eigenvalue weighted by molar-refractivity contribution is -0.0475. The van der Waals surface area contributed by atoms with Crippen molar-refractivity contribution in [3.8, 4) is 5.88 Å². The summed E-state index contributed by atoms with van der Waals surface area (Å²) >= 11 is 0. The molecule has 3 aromatic carbocycles. The zero-order chi connectivity index (χ0) is 28.0. The van der Waals surface area contributed by atoms with E-state index in [-0.39, 0.29) is 24.0 Å². The molecule has 6 rings (SSSR count). The SMILES string of the molecule is Nc1nc(OCc2ccccc2)c2ncn(C3CC(OCc4ccccc4)C(COCc4ccccc4)[C@@H]3O)c2n1. The Morgan fingerprint density at radius 1 is 0.805 bits per heavy atom. The third-order valence-electron chi connectivity index (χ3n) is 7.50. The smallest absolute Gasteiger partial charge is 0.247 e. The number of fused-ring (bicyclic) bond motifs is 1. The summed E-state index contributed by atoms with van der Waals surface area (Å²) in [7, 11) is 0. The van der Waals surface area contributed by atoms with Gasteiger partial charge in [0.2, 0.25) is 11.8 Å². The first-order chi connectivity index (χ1) is 20.2. The van der Waals surface area contributed by atoms with Crippen molar-refractivity contribution in [1.29, 1.82) is 0 Å². The van der Waals surface area contributed by atoms with Crippen LogP contribution in [-0.4, -0.2) is 43.4 Å². The van der Waals surface area contributed by atoms with Crippen LogP contribution in [0.4, 0.5) is 5.95 Å². The van der Waals surface area contributed by atoms with Crippen molar-refractivity contribution in [2.24, 2.45) is 5.92 Å². The Morgan fingerprint density at radius 3 is 2.07 bits per heavy atom. The van der Waals surface area contributed by atoms with Crippen LogP contribution < -0.4 is 10.5 Å². The summed E-state index contributed by atoms with van der Waals surface area (Å²) in [6, 6.07) is 29.5. The number of aliphatic hydroxyl groups is 1. The van der Waals surface area contributed by atoms with Crippen molar-refractivity contribution in [2.75, 3.05) is 12.3 Å². The minimum Gasteiger partial charge on any atom is -0.471 e. The Morgan fingerprint density at radius 2 is 1.41 bits per heavy atom. The summed E-state index contributed by atoms with van der Waals surface area (Å²) in [6.45, 7) is 1.57. The Labute approximate surface area is 238 Å². The number of hydrogen-bond acceptors (Lipinski definition) is 8. The molecule has 1 saturated carbocycles. The summed E-state index contributed by atoms with van der Waals surface area (Å²) in [4.78, 5) is 13.3. The maximum Gasteiger partial charge on any atom is 0.247 e. The number of rotatable bonds is 11. The Bertz CT molecular complexity index is 1550. The Hall–Kier alpha value is -4.31. The fraction of sp³-hybridized carbons (Fsp3) is 0.281. The molecule has 3 unspecified atom stereocenters. The molecule has 0 saturated heterocycles. The normalized spacial score (nSPS) is 20.4. The number of nitrogens with zero attached hydrogens (tertiary/aromatic N) is 4. The minimum absolute atomic E-state index is 0.0782. The van der Waals surface area contributed by atoms with E-state index in [1.165, 1.54) is 0 Å². The first kappa shape index (κ1) is 26.9. The van der Waals surface area contributed by atoms with Gasteiger partial charge in [-0.15, -0.1) is 0 Å². The van der Waals surface area contributed by atoms with Crippen LogP contribution in [0.15, 0.2) is 97.3 Å². The second kappa shape index (κ2) is 12.5. The summed E-state index contributed by atoms with van der Waals surface area (Å²) in [6.07, 6.45) is 1.23. The summed E-state index contributed by atoms with van der Waals surface area (Å²) in [5, 5.41) is 11.6. The van der Waals surface area contributed by atoms with E-state index >= 15 is 0 Å². The van der Waals surface area contributed by atoms with Crippen molar-refractivity contribution >= 4 is 17.1 Å². The van der Waals surface area contributed by atoms with Crippen LogP contribution in [0.5, 0.6) is 5.88 Å². The van der Waals surface area contributed by atoms with Crippen molar-refractivity contribution in [3.05, 3.63) is 114 Å². The lowest BCUT2D eigenvalue weighted by Crippen LogP contribution is -2.31. The van der Waals surface area contributed by atoms with Gasteiger partial charge in [0.15, 0.2) is 11.2 Å². The monoisotopic (exact) mass is 551 g/mol. The molecule has 3 N–H and O–H groups in total. The number of imidazole rings is 1. The number of anilines is 1. The lowest BCUT2D eigenvalue weighted by Gasteiger charge is -2.23. The topological polar surface area (TPSA) is 118 Å². The maximum atomic E-state index is 11.6. The molecule has 0 spiro atoms. The van der Waals surface area contributed by atoms with Crippen molar-refractivity contribution in [3.63, 3.8) is 0 Å². The molecule has 1 aliphatic carbocycles. The first-order valence-corrected chi connectivity index (χ1v) is 13.8. The second-order valence-corrected chi connectivity index (χ2v) is 10.3. The van der Waals surface area contributed by atoms with E-state index in [4.69, 9.17) is 19.9 Å². The zero-order valence-electron chi connectivity index (χ0n) is 22.6. The van der Waals surface area contributed by atoms with Crippen molar-refractivity contribution in [2.45, 2.75) is 44.5 Å². The third kappa shape index (κ3) is 6.22. The second-order valence-electron chi connectivity index (χ2n) is 10.3. The van der Waals surface area contributed by atoms with Crippen LogP contribution in [0, 0.1) is 5.92 Å². The van der Waals surface area contributed by atoms with Gasteiger partial charge in [0.25, 0.3) is 0 Å². The van der Waals surface area contributed by atoms with Gasteiger partial charge in [0.1, 0.15) is 6.61 Å². The number of ether oxygens (including phenoxy) is 3. The highest BCUT2D eigenvalue weighted by atomic mass is 16.5. The molecule has 4 atom stereocenters. The molecule has 0 radical (unpaired) electrons. The summed E-state index contributed by atoms with van der Waals surface area (Å²) < 4.78 is 20.3. The third-order valence-corrected chi connectivity index (χ3v) is 7.50. The molecule has 41 heavy (non-hydrogen) atoms. The van der Waals surface area contributed by atoms with Crippen LogP contribution in [0.1, 0.15) is 29.2 Å². The van der Waals surface area contributed by atoms with Crippen LogP contribution in [0.3, 0.4) is 0 Å². The predicted molar refractivity (Wildman–Crippen MR) is 155 cm³/mol. The molecular formula is C32H33N5O4. The van der Waals surface area contributed by atoms with Gasteiger partial charge in [-0.25, -0.2) is 4.98 Å². The van der Waals surface area contributed by atoms with E-state index in [0.717, 1.165) is 16.7 Å². The van der Waals surface area contributed by atoms with Gasteiger partial charge in [-0.3, -0.25) is 0 Å². The van der Waals surface area contributed by atoms with E-state index in [0.29, 0.717) is 49.9 Å². The van der Waals surface area contributed by atoms with Crippen LogP contribution >= 0.6 is 0 Å². The molecule has 0 bridgehead atoms. The molecule has 210 valence electrons. The molecule has 0 aliphatic heterocycles. The highest BCUT2D eigenvalue weighted by Gasteiger charge is 2.45. The van der Waals surface area contributed by atoms with Gasteiger partial charge in [0, 0.05) is 5.92 Å². The van der Waals surface area contributed by atoms with Gasteiger partial charge in [-0.1, -0.05) is 91.0 Å². The molecule has 1 fully saturated rings. The quantitative estimate of drug-likeness (QED) is 0.242. The van der Waals surface area contributed by atoms with Gasteiger partial charge >= 0.3 is 0 Å².